The zero-order valence-electron chi connectivity index (χ0n) is 28.3. The van der Waals surface area contributed by atoms with Crippen LogP contribution in [0.3, 0.4) is 0 Å². The van der Waals surface area contributed by atoms with Crippen LogP contribution in [-0.4, -0.2) is 208 Å². The van der Waals surface area contributed by atoms with E-state index in [9.17, 15) is 47.9 Å². The lowest BCUT2D eigenvalue weighted by Gasteiger charge is -1.95. The van der Waals surface area contributed by atoms with Gasteiger partial charge in [0.05, 0.1) is 6.42 Å². The van der Waals surface area contributed by atoms with Gasteiger partial charge in [0.25, 0.3) is 0 Å². The molecule has 18 N–H and O–H groups in total. The summed E-state index contributed by atoms with van der Waals surface area (Å²) in [4.78, 5) is 107. The van der Waals surface area contributed by atoms with E-state index in [1.54, 1.807) is 0 Å². The minimum atomic E-state index is -1.31. The highest BCUT2D eigenvalue weighted by Crippen LogP contribution is 1.80. The van der Waals surface area contributed by atoms with E-state index >= 15 is 0 Å². The second-order valence-corrected chi connectivity index (χ2v) is 7.02. The van der Waals surface area contributed by atoms with E-state index in [2.05, 4.69) is 14.2 Å². The molecular formula is C25H50O30. The summed E-state index contributed by atoms with van der Waals surface area (Å²) in [6.45, 7) is -3.91. The number of ketones is 2. The average Bonchev–Trinajstić information content (AvgIpc) is 3.02. The van der Waals surface area contributed by atoms with Gasteiger partial charge in [-0.25, -0.2) is 33.6 Å². The number of carboxylic acids is 6. The number of rotatable bonds is 14. The third-order valence-corrected chi connectivity index (χ3v) is 2.39. The third kappa shape index (κ3) is 162. The van der Waals surface area contributed by atoms with Gasteiger partial charge in [0.1, 0.15) is 58.0 Å². The van der Waals surface area contributed by atoms with Crippen molar-refractivity contribution in [2.24, 2.45) is 0 Å². The molecule has 0 bridgehead atoms. The van der Waals surface area contributed by atoms with Crippen LogP contribution in [0.1, 0.15) is 34.1 Å². The Kier molecular flexibility index (Phi) is 90.0. The van der Waals surface area contributed by atoms with Crippen LogP contribution in [0.2, 0.25) is 0 Å². The predicted octanol–water partition coefficient (Wildman–Crippen LogP) is -8.17. The number of hydrogen-bond acceptors (Lipinski definition) is 22. The first-order valence-corrected chi connectivity index (χ1v) is 12.5. The van der Waals surface area contributed by atoms with Crippen molar-refractivity contribution in [2.45, 2.75) is 34.1 Å². The highest BCUT2D eigenvalue weighted by Gasteiger charge is 2.04. The van der Waals surface area contributed by atoms with E-state index in [0.717, 1.165) is 0 Å². The lowest BCUT2D eigenvalue weighted by Crippen LogP contribution is -2.15. The molecule has 30 heteroatoms. The van der Waals surface area contributed by atoms with E-state index in [-0.39, 0.29) is 36.4 Å². The molecular weight excluding hydrogens is 780 g/mol. The molecule has 0 amide bonds. The molecule has 55 heavy (non-hydrogen) atoms. The number of hydrogen-bond donors (Lipinski definition) is 14. The van der Waals surface area contributed by atoms with Gasteiger partial charge in [-0.1, -0.05) is 7.43 Å². The maximum atomic E-state index is 10.0. The zero-order chi connectivity index (χ0) is 43.3. The molecule has 0 aromatic carbocycles. The molecule has 0 radical (unpaired) electrons. The van der Waals surface area contributed by atoms with Crippen molar-refractivity contribution in [1.29, 1.82) is 0 Å². The van der Waals surface area contributed by atoms with E-state index < -0.39 is 120 Å². The fraction of sp³-hybridized carbons (Fsp3) is 0.560. The molecule has 0 saturated carbocycles. The molecule has 0 fully saturated rings. The molecule has 0 atom stereocenters. The molecule has 0 aliphatic carbocycles. The Bertz CT molecular complexity index is 899. The van der Waals surface area contributed by atoms with Gasteiger partial charge in [0.15, 0.2) is 19.8 Å². The molecule has 30 nitrogen and oxygen atoms in total. The number of carbonyl (C=O) groups is 11. The molecule has 0 aliphatic rings. The summed E-state index contributed by atoms with van der Waals surface area (Å²) in [5.74, 6) is -10.5. The minimum Gasteiger partial charge on any atom is -0.481 e. The van der Waals surface area contributed by atoms with Gasteiger partial charge < -0.3 is 96.7 Å². The van der Waals surface area contributed by atoms with Crippen LogP contribution in [0.4, 0.5) is 0 Å². The second-order valence-electron chi connectivity index (χ2n) is 7.02. The van der Waals surface area contributed by atoms with Crippen molar-refractivity contribution in [3.63, 3.8) is 0 Å². The van der Waals surface area contributed by atoms with E-state index in [0.29, 0.717) is 0 Å². The number of aliphatic hydroxyl groups is 8. The van der Waals surface area contributed by atoms with Gasteiger partial charge in [-0.3, -0.25) is 19.2 Å². The first-order chi connectivity index (χ1) is 23.8. The van der Waals surface area contributed by atoms with E-state index in [1.807, 2.05) is 0 Å². The summed E-state index contributed by atoms with van der Waals surface area (Å²) in [5.41, 5.74) is 0. The standard InChI is InChI=1S/C5H8O2.3C4H6O5.C3H4O4.C2H4O3.2CH4O2.CH4.2H2O/c1-4(6)3-5(2)7;3*5-1-4(8)9-2-3(6)7;4-2(5)1-3(6)7;3-1-2(4)5;2*2-1-3;;;/h3H2,1-2H3;3*5H,1-2H2,(H,6,7);1H2,(H,4,5)(H,6,7);3H,1H2,(H,4,5);2*2-3H,1H2;1H4;2*1H2. The average molecular weight is 831 g/mol. The van der Waals surface area contributed by atoms with Crippen LogP contribution < -0.4 is 0 Å². The van der Waals surface area contributed by atoms with Crippen molar-refractivity contribution in [1.82, 2.24) is 0 Å². The van der Waals surface area contributed by atoms with Gasteiger partial charge in [-0.15, -0.1) is 0 Å². The third-order valence-electron chi connectivity index (χ3n) is 2.39. The van der Waals surface area contributed by atoms with Crippen LogP contribution in [0.5, 0.6) is 0 Å². The highest BCUT2D eigenvalue weighted by molar-refractivity contribution is 5.96. The van der Waals surface area contributed by atoms with E-state index in [4.69, 9.17) is 76.3 Å². The summed E-state index contributed by atoms with van der Waals surface area (Å²) in [7, 11) is 0. The molecule has 0 saturated heterocycles. The number of Topliss-reactive ketones (excluding diaryl/α,β-unsaturated/α-hetero) is 2. The Morgan fingerprint density at radius 2 is 0.545 bits per heavy atom. The van der Waals surface area contributed by atoms with Crippen LogP contribution in [0.25, 0.3) is 0 Å². The van der Waals surface area contributed by atoms with Crippen molar-refractivity contribution in [3.05, 3.63) is 0 Å². The quantitative estimate of drug-likeness (QED) is 0.0334. The van der Waals surface area contributed by atoms with Crippen LogP contribution in [0, 0.1) is 0 Å². The molecule has 0 rings (SSSR count). The zero-order valence-corrected chi connectivity index (χ0v) is 28.3. The number of aliphatic carboxylic acids is 6. The molecule has 0 unspecified atom stereocenters. The maximum absolute atomic E-state index is 10.0. The summed E-state index contributed by atoms with van der Waals surface area (Å²) >= 11 is 0. The normalized spacial score (nSPS) is 7.60. The lowest BCUT2D eigenvalue weighted by atomic mass is 10.2. The fourth-order valence-corrected chi connectivity index (χ4v) is 1.04. The Hall–Kier alpha value is -5.83. The van der Waals surface area contributed by atoms with Crippen LogP contribution >= 0.6 is 0 Å². The van der Waals surface area contributed by atoms with Crippen molar-refractivity contribution >= 4 is 65.3 Å². The number of carbonyl (C=O) groups excluding carboxylic acids is 5. The Morgan fingerprint density at radius 1 is 0.364 bits per heavy atom. The summed E-state index contributed by atoms with van der Waals surface area (Å²) in [6.07, 6.45) is -0.722. The lowest BCUT2D eigenvalue weighted by molar-refractivity contribution is -0.156. The van der Waals surface area contributed by atoms with Crippen LogP contribution in [0.15, 0.2) is 0 Å². The minimum absolute atomic E-state index is 0. The largest absolute Gasteiger partial charge is 0.481 e. The monoisotopic (exact) mass is 830 g/mol. The smallest absolute Gasteiger partial charge is 0.341 e. The molecule has 0 heterocycles. The molecule has 0 aliphatic heterocycles. The first kappa shape index (κ1) is 78.3. The van der Waals surface area contributed by atoms with Gasteiger partial charge in [-0.2, -0.15) is 0 Å². The topological polar surface area (TPSA) is 562 Å². The number of carboxylic acid groups (broad SMARTS) is 6. The van der Waals surface area contributed by atoms with Crippen molar-refractivity contribution < 1.29 is 149 Å². The van der Waals surface area contributed by atoms with Crippen molar-refractivity contribution in [2.75, 3.05) is 59.8 Å². The first-order valence-electron chi connectivity index (χ1n) is 12.5. The molecule has 0 aromatic heterocycles. The number of aliphatic hydroxyl groups excluding tert-OH is 6. The molecule has 330 valence electrons. The van der Waals surface area contributed by atoms with E-state index in [1.165, 1.54) is 13.8 Å². The summed E-state index contributed by atoms with van der Waals surface area (Å²) in [5, 5.41) is 107. The van der Waals surface area contributed by atoms with Crippen molar-refractivity contribution in [3.8, 4) is 0 Å². The number of esters is 3. The van der Waals surface area contributed by atoms with Crippen LogP contribution in [-0.2, 0) is 67.0 Å². The molecule has 0 aromatic rings. The Balaban J connectivity index is -0.0000000454. The number of ether oxygens (including phenoxy) is 3. The second kappa shape index (κ2) is 63.2. The Morgan fingerprint density at radius 3 is 0.600 bits per heavy atom. The van der Waals surface area contributed by atoms with Gasteiger partial charge >= 0.3 is 53.7 Å². The predicted molar refractivity (Wildman–Crippen MR) is 170 cm³/mol. The molecule has 0 spiro atoms. The maximum Gasteiger partial charge on any atom is 0.341 e. The summed E-state index contributed by atoms with van der Waals surface area (Å²) < 4.78 is 11.9. The summed E-state index contributed by atoms with van der Waals surface area (Å²) in [6, 6.07) is 0. The van der Waals surface area contributed by atoms with Gasteiger partial charge in [-0.05, 0) is 13.8 Å². The van der Waals surface area contributed by atoms with Gasteiger partial charge in [0.2, 0.25) is 0 Å². The van der Waals surface area contributed by atoms with Gasteiger partial charge in [0, 0.05) is 0 Å². The fourth-order valence-electron chi connectivity index (χ4n) is 1.04. The highest BCUT2D eigenvalue weighted by atomic mass is 16.6. The Labute approximate surface area is 309 Å². The SMILES string of the molecule is C.CC(=O)CC(C)=O.O.O.O=C(O)CC(=O)O.O=C(O)CO.O=C(O)COC(=O)CO.O=C(O)COC(=O)CO.O=C(O)COC(=O)CO.OCO.OCO.